The van der Waals surface area contributed by atoms with Crippen LogP contribution in [0.5, 0.6) is 0 Å². The zero-order valence-electron chi connectivity index (χ0n) is 11.6. The molecule has 4 nitrogen and oxygen atoms in total. The molecule has 0 aromatic carbocycles. The molecule has 1 aliphatic heterocycles. The molecule has 0 spiro atoms. The molecule has 2 aliphatic rings. The third-order valence-electron chi connectivity index (χ3n) is 4.50. The first-order valence-electron chi connectivity index (χ1n) is 6.44. The maximum atomic E-state index is 11.1. The van der Waals surface area contributed by atoms with E-state index in [0.29, 0.717) is 25.0 Å². The van der Waals surface area contributed by atoms with E-state index in [9.17, 15) is 4.79 Å². The highest BCUT2D eigenvalue weighted by atomic mass is 16.7. The Kier molecular flexibility index (Phi) is 3.52. The Morgan fingerprint density at radius 3 is 2.39 bits per heavy atom. The van der Waals surface area contributed by atoms with Crippen molar-refractivity contribution in [3.63, 3.8) is 0 Å². The minimum absolute atomic E-state index is 0.0730. The summed E-state index contributed by atoms with van der Waals surface area (Å²) in [7, 11) is 1.39. The average Bonchev–Trinajstić information content (AvgIpc) is 2.74. The highest BCUT2D eigenvalue weighted by molar-refractivity contribution is 5.81. The molecule has 0 aromatic rings. The highest BCUT2D eigenvalue weighted by Crippen LogP contribution is 2.58. The van der Waals surface area contributed by atoms with E-state index in [2.05, 4.69) is 18.6 Å². The van der Waals surface area contributed by atoms with E-state index in [1.807, 2.05) is 13.0 Å². The summed E-state index contributed by atoms with van der Waals surface area (Å²) < 4.78 is 16.1. The Balaban J connectivity index is 2.00. The first-order valence-corrected chi connectivity index (χ1v) is 6.44. The van der Waals surface area contributed by atoms with E-state index in [4.69, 9.17) is 9.47 Å². The number of allylic oxidation sites excluding steroid dienone is 1. The number of esters is 1. The van der Waals surface area contributed by atoms with Gasteiger partial charge >= 0.3 is 5.97 Å². The molecule has 102 valence electrons. The van der Waals surface area contributed by atoms with Crippen molar-refractivity contribution in [1.82, 2.24) is 0 Å². The molecule has 1 heterocycles. The van der Waals surface area contributed by atoms with Crippen LogP contribution >= 0.6 is 0 Å². The van der Waals surface area contributed by atoms with Gasteiger partial charge in [0, 0.05) is 12.0 Å². The molecule has 1 aliphatic carbocycles. The van der Waals surface area contributed by atoms with Gasteiger partial charge in [0.05, 0.1) is 20.3 Å². The second-order valence-corrected chi connectivity index (χ2v) is 5.81. The van der Waals surface area contributed by atoms with Crippen molar-refractivity contribution < 1.29 is 19.0 Å². The van der Waals surface area contributed by atoms with Gasteiger partial charge in [-0.25, -0.2) is 4.79 Å². The number of rotatable bonds is 3. The first-order chi connectivity index (χ1) is 8.40. The monoisotopic (exact) mass is 254 g/mol. The summed E-state index contributed by atoms with van der Waals surface area (Å²) in [4.78, 5) is 11.1. The lowest BCUT2D eigenvalue weighted by molar-refractivity contribution is -0.246. The van der Waals surface area contributed by atoms with Crippen molar-refractivity contribution in [2.45, 2.75) is 33.0 Å². The molecule has 0 unspecified atom stereocenters. The lowest BCUT2D eigenvalue weighted by Gasteiger charge is -2.56. The van der Waals surface area contributed by atoms with Gasteiger partial charge in [-0.2, -0.15) is 0 Å². The summed E-state index contributed by atoms with van der Waals surface area (Å²) in [5.74, 6) is -0.0288. The SMILES string of the molecule is COC(=O)/C=C/[C@H]1C[C@@H](C2(C)OCCO2)C1(C)C. The summed E-state index contributed by atoms with van der Waals surface area (Å²) in [6.07, 6.45) is 4.44. The van der Waals surface area contributed by atoms with Gasteiger partial charge in [-0.15, -0.1) is 0 Å². The van der Waals surface area contributed by atoms with Crippen LogP contribution in [0, 0.1) is 17.3 Å². The smallest absolute Gasteiger partial charge is 0.330 e. The summed E-state index contributed by atoms with van der Waals surface area (Å²) in [5, 5.41) is 0. The molecule has 2 fully saturated rings. The minimum atomic E-state index is -0.459. The molecule has 1 saturated carbocycles. The van der Waals surface area contributed by atoms with Crippen molar-refractivity contribution in [1.29, 1.82) is 0 Å². The zero-order chi connectivity index (χ0) is 13.4. The van der Waals surface area contributed by atoms with Crippen LogP contribution in [0.1, 0.15) is 27.2 Å². The summed E-state index contributed by atoms with van der Waals surface area (Å²) in [6.45, 7) is 7.76. The van der Waals surface area contributed by atoms with E-state index in [1.54, 1.807) is 0 Å². The molecule has 18 heavy (non-hydrogen) atoms. The predicted molar refractivity (Wildman–Crippen MR) is 66.8 cm³/mol. The number of hydrogen-bond donors (Lipinski definition) is 0. The number of hydrogen-bond acceptors (Lipinski definition) is 4. The Morgan fingerprint density at radius 2 is 1.89 bits per heavy atom. The van der Waals surface area contributed by atoms with Crippen LogP contribution in [0.2, 0.25) is 0 Å². The lowest BCUT2D eigenvalue weighted by atomic mass is 9.52. The van der Waals surface area contributed by atoms with Gasteiger partial charge in [-0.3, -0.25) is 0 Å². The third kappa shape index (κ3) is 2.19. The Labute approximate surface area is 108 Å². The molecule has 0 N–H and O–H groups in total. The highest BCUT2D eigenvalue weighted by Gasteiger charge is 2.57. The van der Waals surface area contributed by atoms with Crippen molar-refractivity contribution in [2.24, 2.45) is 17.3 Å². The molecule has 0 bridgehead atoms. The maximum absolute atomic E-state index is 11.1. The standard InChI is InChI=1S/C14H22O4/c1-13(2)10(5-6-12(15)16-4)9-11(13)14(3)17-7-8-18-14/h5-6,10-11H,7-9H2,1-4H3/b6-5+/t10-,11+/m0/s1. The van der Waals surface area contributed by atoms with Gasteiger partial charge in [0.1, 0.15) is 0 Å². The van der Waals surface area contributed by atoms with Gasteiger partial charge < -0.3 is 14.2 Å². The van der Waals surface area contributed by atoms with Crippen molar-refractivity contribution in [3.8, 4) is 0 Å². The predicted octanol–water partition coefficient (Wildman–Crippen LogP) is 2.14. The number of carbonyl (C=O) groups excluding carboxylic acids is 1. The number of methoxy groups -OCH3 is 1. The minimum Gasteiger partial charge on any atom is -0.466 e. The van der Waals surface area contributed by atoms with Crippen molar-refractivity contribution in [3.05, 3.63) is 12.2 Å². The first kappa shape index (κ1) is 13.6. The average molecular weight is 254 g/mol. The third-order valence-corrected chi connectivity index (χ3v) is 4.50. The van der Waals surface area contributed by atoms with Gasteiger partial charge in [-0.1, -0.05) is 19.9 Å². The number of carbonyl (C=O) groups is 1. The van der Waals surface area contributed by atoms with Crippen molar-refractivity contribution in [2.75, 3.05) is 20.3 Å². The second-order valence-electron chi connectivity index (χ2n) is 5.81. The maximum Gasteiger partial charge on any atom is 0.330 e. The van der Waals surface area contributed by atoms with E-state index in [1.165, 1.54) is 13.2 Å². The largest absolute Gasteiger partial charge is 0.466 e. The van der Waals surface area contributed by atoms with Gasteiger partial charge in [0.15, 0.2) is 5.79 Å². The van der Waals surface area contributed by atoms with Gasteiger partial charge in [0.2, 0.25) is 0 Å². The zero-order valence-corrected chi connectivity index (χ0v) is 11.6. The Hall–Kier alpha value is -0.870. The molecular weight excluding hydrogens is 232 g/mol. The second kappa shape index (κ2) is 4.67. The molecule has 0 amide bonds. The number of ether oxygens (including phenoxy) is 3. The molecule has 0 radical (unpaired) electrons. The molecular formula is C14H22O4. The molecule has 1 saturated heterocycles. The lowest BCUT2D eigenvalue weighted by Crippen LogP contribution is -2.55. The van der Waals surface area contributed by atoms with Crippen LogP contribution in [0.15, 0.2) is 12.2 Å². The van der Waals surface area contributed by atoms with Crippen LogP contribution < -0.4 is 0 Å². The normalized spacial score (nSPS) is 33.3. The Bertz CT molecular complexity index is 353. The van der Waals surface area contributed by atoms with Crippen LogP contribution in [0.4, 0.5) is 0 Å². The fraction of sp³-hybridized carbons (Fsp3) is 0.786. The fourth-order valence-electron chi connectivity index (χ4n) is 3.17. The van der Waals surface area contributed by atoms with Crippen LogP contribution in [0.3, 0.4) is 0 Å². The molecule has 2 atom stereocenters. The molecule has 0 aromatic heterocycles. The van der Waals surface area contributed by atoms with Gasteiger partial charge in [-0.05, 0) is 24.7 Å². The quantitative estimate of drug-likeness (QED) is 0.572. The van der Waals surface area contributed by atoms with Crippen molar-refractivity contribution >= 4 is 5.97 Å². The summed E-state index contributed by atoms with van der Waals surface area (Å²) >= 11 is 0. The van der Waals surface area contributed by atoms with E-state index in [-0.39, 0.29) is 11.4 Å². The van der Waals surface area contributed by atoms with E-state index < -0.39 is 5.79 Å². The topological polar surface area (TPSA) is 44.8 Å². The van der Waals surface area contributed by atoms with Crippen LogP contribution in [-0.4, -0.2) is 32.1 Å². The fourth-order valence-corrected chi connectivity index (χ4v) is 3.17. The van der Waals surface area contributed by atoms with Gasteiger partial charge in [0.25, 0.3) is 0 Å². The summed E-state index contributed by atoms with van der Waals surface area (Å²) in [5.41, 5.74) is 0.0730. The molecule has 4 heteroatoms. The van der Waals surface area contributed by atoms with E-state index in [0.717, 1.165) is 6.42 Å². The molecule has 2 rings (SSSR count). The van der Waals surface area contributed by atoms with E-state index >= 15 is 0 Å². The van der Waals surface area contributed by atoms with Crippen LogP contribution in [0.25, 0.3) is 0 Å². The summed E-state index contributed by atoms with van der Waals surface area (Å²) in [6, 6.07) is 0. The Morgan fingerprint density at radius 1 is 1.28 bits per heavy atom. The van der Waals surface area contributed by atoms with Crippen LogP contribution in [-0.2, 0) is 19.0 Å².